The molecule has 0 aromatic carbocycles. The van der Waals surface area contributed by atoms with Crippen molar-refractivity contribution >= 4 is 0 Å². The van der Waals surface area contributed by atoms with E-state index in [2.05, 4.69) is 4.98 Å². The summed E-state index contributed by atoms with van der Waals surface area (Å²) < 4.78 is 20.5. The van der Waals surface area contributed by atoms with Crippen LogP contribution in [0, 0.1) is 0 Å². The van der Waals surface area contributed by atoms with Crippen LogP contribution in [-0.2, 0) is 5.67 Å². The van der Waals surface area contributed by atoms with E-state index in [1.165, 1.54) is 0 Å². The lowest BCUT2D eigenvalue weighted by Crippen LogP contribution is -2.36. The van der Waals surface area contributed by atoms with Crippen molar-refractivity contribution in [1.29, 1.82) is 0 Å². The molecule has 2 rings (SSSR count). The summed E-state index contributed by atoms with van der Waals surface area (Å²) in [5, 5.41) is 0. The quantitative estimate of drug-likeness (QED) is 0.899. The van der Waals surface area contributed by atoms with Crippen molar-refractivity contribution in [3.8, 4) is 5.75 Å². The van der Waals surface area contributed by atoms with Crippen LogP contribution in [0.2, 0.25) is 0 Å². The lowest BCUT2D eigenvalue weighted by Gasteiger charge is -2.33. The molecule has 0 spiro atoms. The predicted octanol–water partition coefficient (Wildman–Crippen LogP) is 2.93. The van der Waals surface area contributed by atoms with E-state index in [-0.39, 0.29) is 12.1 Å². The Morgan fingerprint density at radius 2 is 2.28 bits per heavy atom. The SMILES string of the molecule is CC(C)Oc1cncc(C2(F)CCCC(N)C2)c1. The van der Waals surface area contributed by atoms with Crippen LogP contribution in [0.4, 0.5) is 4.39 Å². The normalized spacial score (nSPS) is 28.4. The molecule has 2 atom stereocenters. The monoisotopic (exact) mass is 252 g/mol. The topological polar surface area (TPSA) is 48.1 Å². The van der Waals surface area contributed by atoms with Crippen LogP contribution >= 0.6 is 0 Å². The molecule has 0 aliphatic heterocycles. The van der Waals surface area contributed by atoms with Crippen molar-refractivity contribution < 1.29 is 9.13 Å². The van der Waals surface area contributed by atoms with Crippen LogP contribution in [0.1, 0.15) is 45.1 Å². The number of hydrogen-bond donors (Lipinski definition) is 1. The molecule has 1 heterocycles. The van der Waals surface area contributed by atoms with Gasteiger partial charge in [-0.1, -0.05) is 0 Å². The van der Waals surface area contributed by atoms with Gasteiger partial charge >= 0.3 is 0 Å². The number of rotatable bonds is 3. The van der Waals surface area contributed by atoms with E-state index in [4.69, 9.17) is 10.5 Å². The first kappa shape index (κ1) is 13.3. The van der Waals surface area contributed by atoms with E-state index in [0.717, 1.165) is 12.8 Å². The van der Waals surface area contributed by atoms with Crippen LogP contribution in [0.25, 0.3) is 0 Å². The largest absolute Gasteiger partial charge is 0.489 e. The molecule has 18 heavy (non-hydrogen) atoms. The standard InChI is InChI=1S/C14H21FN2O/c1-10(2)18-13-6-11(8-17-9-13)14(15)5-3-4-12(16)7-14/h6,8-10,12H,3-5,7,16H2,1-2H3. The van der Waals surface area contributed by atoms with Gasteiger partial charge in [-0.25, -0.2) is 4.39 Å². The fraction of sp³-hybridized carbons (Fsp3) is 0.643. The highest BCUT2D eigenvalue weighted by Gasteiger charge is 2.37. The molecule has 2 unspecified atom stereocenters. The number of ether oxygens (including phenoxy) is 1. The van der Waals surface area contributed by atoms with E-state index in [9.17, 15) is 4.39 Å². The summed E-state index contributed by atoms with van der Waals surface area (Å²) >= 11 is 0. The van der Waals surface area contributed by atoms with Gasteiger partial charge in [0, 0.05) is 24.2 Å². The van der Waals surface area contributed by atoms with Crippen molar-refractivity contribution in [2.24, 2.45) is 5.73 Å². The Hall–Kier alpha value is -1.16. The van der Waals surface area contributed by atoms with Crippen molar-refractivity contribution in [1.82, 2.24) is 4.98 Å². The third-order valence-corrected chi connectivity index (χ3v) is 3.34. The Bertz CT molecular complexity index is 411. The molecule has 4 heteroatoms. The number of hydrogen-bond acceptors (Lipinski definition) is 3. The molecule has 1 saturated carbocycles. The summed E-state index contributed by atoms with van der Waals surface area (Å²) in [6, 6.07) is 1.70. The highest BCUT2D eigenvalue weighted by molar-refractivity contribution is 5.29. The van der Waals surface area contributed by atoms with Gasteiger partial charge in [-0.05, 0) is 39.2 Å². The van der Waals surface area contributed by atoms with Gasteiger partial charge in [0.2, 0.25) is 0 Å². The molecule has 2 N–H and O–H groups in total. The first-order valence-corrected chi connectivity index (χ1v) is 6.56. The average molecular weight is 252 g/mol. The van der Waals surface area contributed by atoms with Gasteiger partial charge in [0.05, 0.1) is 12.3 Å². The summed E-state index contributed by atoms with van der Waals surface area (Å²) in [7, 11) is 0. The summed E-state index contributed by atoms with van der Waals surface area (Å²) in [6.07, 6.45) is 5.90. The molecule has 0 saturated heterocycles. The molecule has 0 bridgehead atoms. The molecule has 3 nitrogen and oxygen atoms in total. The molecule has 0 radical (unpaired) electrons. The summed E-state index contributed by atoms with van der Waals surface area (Å²) in [5.74, 6) is 0.624. The minimum absolute atomic E-state index is 0.0570. The highest BCUT2D eigenvalue weighted by atomic mass is 19.1. The fourth-order valence-electron chi connectivity index (χ4n) is 2.53. The van der Waals surface area contributed by atoms with Gasteiger partial charge in [-0.2, -0.15) is 0 Å². The minimum Gasteiger partial charge on any atom is -0.489 e. The highest BCUT2D eigenvalue weighted by Crippen LogP contribution is 2.40. The van der Waals surface area contributed by atoms with Gasteiger partial charge in [0.25, 0.3) is 0 Å². The molecule has 1 aromatic heterocycles. The average Bonchev–Trinajstić information content (AvgIpc) is 2.28. The minimum atomic E-state index is -1.35. The van der Waals surface area contributed by atoms with E-state index in [1.54, 1.807) is 18.5 Å². The van der Waals surface area contributed by atoms with Crippen LogP contribution in [0.5, 0.6) is 5.75 Å². The van der Waals surface area contributed by atoms with Gasteiger partial charge in [0.1, 0.15) is 11.4 Å². The lowest BCUT2D eigenvalue weighted by atomic mass is 9.79. The first-order valence-electron chi connectivity index (χ1n) is 6.56. The fourth-order valence-corrected chi connectivity index (χ4v) is 2.53. The van der Waals surface area contributed by atoms with Crippen LogP contribution < -0.4 is 10.5 Å². The molecule has 1 aromatic rings. The number of nitrogens with zero attached hydrogens (tertiary/aromatic N) is 1. The number of nitrogens with two attached hydrogens (primary N) is 1. The zero-order valence-electron chi connectivity index (χ0n) is 11.0. The lowest BCUT2D eigenvalue weighted by molar-refractivity contribution is 0.0937. The number of pyridine rings is 1. The Labute approximate surface area is 108 Å². The van der Waals surface area contributed by atoms with Crippen LogP contribution in [0.3, 0.4) is 0 Å². The Kier molecular flexibility index (Phi) is 3.85. The second kappa shape index (κ2) is 5.22. The number of alkyl halides is 1. The summed E-state index contributed by atoms with van der Waals surface area (Å²) in [6.45, 7) is 3.88. The molecular formula is C14H21FN2O. The zero-order chi connectivity index (χ0) is 13.2. The second-order valence-corrected chi connectivity index (χ2v) is 5.40. The maximum atomic E-state index is 14.9. The van der Waals surface area contributed by atoms with Crippen molar-refractivity contribution in [3.63, 3.8) is 0 Å². The first-order chi connectivity index (χ1) is 8.49. The Balaban J connectivity index is 2.21. The third-order valence-electron chi connectivity index (χ3n) is 3.34. The van der Waals surface area contributed by atoms with Gasteiger partial charge in [-0.15, -0.1) is 0 Å². The van der Waals surface area contributed by atoms with E-state index in [0.29, 0.717) is 24.2 Å². The molecule has 1 aliphatic carbocycles. The van der Waals surface area contributed by atoms with Gasteiger partial charge in [-0.3, -0.25) is 4.98 Å². The molecule has 1 aliphatic rings. The van der Waals surface area contributed by atoms with Gasteiger partial charge < -0.3 is 10.5 Å². The Morgan fingerprint density at radius 1 is 1.50 bits per heavy atom. The zero-order valence-corrected chi connectivity index (χ0v) is 11.0. The van der Waals surface area contributed by atoms with E-state index >= 15 is 0 Å². The van der Waals surface area contributed by atoms with E-state index < -0.39 is 5.67 Å². The number of aromatic nitrogens is 1. The maximum Gasteiger partial charge on any atom is 0.139 e. The van der Waals surface area contributed by atoms with Gasteiger partial charge in [0.15, 0.2) is 0 Å². The molecule has 1 fully saturated rings. The predicted molar refractivity (Wildman–Crippen MR) is 69.2 cm³/mol. The molecule has 0 amide bonds. The van der Waals surface area contributed by atoms with Crippen LogP contribution in [-0.4, -0.2) is 17.1 Å². The third kappa shape index (κ3) is 2.99. The summed E-state index contributed by atoms with van der Waals surface area (Å²) in [5.41, 5.74) is 5.12. The molecular weight excluding hydrogens is 231 g/mol. The van der Waals surface area contributed by atoms with Crippen LogP contribution in [0.15, 0.2) is 18.5 Å². The van der Waals surface area contributed by atoms with Crippen molar-refractivity contribution in [2.45, 2.75) is 57.3 Å². The summed E-state index contributed by atoms with van der Waals surface area (Å²) in [4.78, 5) is 4.08. The van der Waals surface area contributed by atoms with E-state index in [1.807, 2.05) is 13.8 Å². The second-order valence-electron chi connectivity index (χ2n) is 5.40. The Morgan fingerprint density at radius 3 is 2.94 bits per heavy atom. The number of halogens is 1. The smallest absolute Gasteiger partial charge is 0.139 e. The van der Waals surface area contributed by atoms with Crippen molar-refractivity contribution in [3.05, 3.63) is 24.0 Å². The van der Waals surface area contributed by atoms with Crippen molar-refractivity contribution in [2.75, 3.05) is 0 Å². The maximum absolute atomic E-state index is 14.9. The molecule has 100 valence electrons.